The van der Waals surface area contributed by atoms with Crippen molar-refractivity contribution in [1.29, 1.82) is 0 Å². The van der Waals surface area contributed by atoms with Crippen LogP contribution in [0.3, 0.4) is 0 Å². The van der Waals surface area contributed by atoms with E-state index in [1.165, 1.54) is 0 Å². The summed E-state index contributed by atoms with van der Waals surface area (Å²) in [6.45, 7) is 1.13. The third-order valence-electron chi connectivity index (χ3n) is 7.20. The highest BCUT2D eigenvalue weighted by molar-refractivity contribution is 5.66. The summed E-state index contributed by atoms with van der Waals surface area (Å²) >= 11 is 0. The lowest BCUT2D eigenvalue weighted by atomic mass is 9.61. The molecule has 0 amide bonds. The first-order valence-corrected chi connectivity index (χ1v) is 11.6. The zero-order chi connectivity index (χ0) is 33.5. The van der Waals surface area contributed by atoms with Crippen LogP contribution >= 0.6 is 0 Å². The predicted octanol–water partition coefficient (Wildman–Crippen LogP) is 9.22. The van der Waals surface area contributed by atoms with Gasteiger partial charge in [-0.2, -0.15) is 0 Å². The van der Waals surface area contributed by atoms with Gasteiger partial charge in [-0.05, 0) is 37.5 Å². The number of rotatable bonds is 4. The third kappa shape index (κ3) is 4.09. The molecule has 1 unspecified atom stereocenters. The van der Waals surface area contributed by atoms with E-state index < -0.39 is 144 Å². The molecule has 1 atom stereocenters. The van der Waals surface area contributed by atoms with Crippen molar-refractivity contribution in [1.82, 2.24) is 0 Å². The van der Waals surface area contributed by atoms with Crippen LogP contribution in [-0.2, 0) is 5.41 Å². The van der Waals surface area contributed by atoms with Gasteiger partial charge in [0.2, 0.25) is 5.82 Å². The molecule has 0 saturated heterocycles. The van der Waals surface area contributed by atoms with Crippen LogP contribution in [0.5, 0.6) is 0 Å². The van der Waals surface area contributed by atoms with Gasteiger partial charge in [0.05, 0.1) is 5.41 Å². The number of halogens is 16. The van der Waals surface area contributed by atoms with Crippen molar-refractivity contribution in [3.8, 4) is 0 Å². The summed E-state index contributed by atoms with van der Waals surface area (Å²) in [4.78, 5) is 0. The summed E-state index contributed by atoms with van der Waals surface area (Å²) in [5.74, 6) is -45.9. The van der Waals surface area contributed by atoms with Crippen LogP contribution in [0.4, 0.5) is 70.2 Å². The lowest BCUT2D eigenvalue weighted by Gasteiger charge is -2.40. The highest BCUT2D eigenvalue weighted by atomic mass is 19.2. The van der Waals surface area contributed by atoms with Crippen molar-refractivity contribution >= 4 is 0 Å². The Morgan fingerprint density at radius 1 is 0.295 bits per heavy atom. The van der Waals surface area contributed by atoms with Crippen LogP contribution < -0.4 is 0 Å². The Morgan fingerprint density at radius 2 is 0.568 bits per heavy atom. The van der Waals surface area contributed by atoms with E-state index in [1.807, 2.05) is 0 Å². The zero-order valence-corrected chi connectivity index (χ0v) is 21.6. The van der Waals surface area contributed by atoms with E-state index in [1.54, 1.807) is 0 Å². The lowest BCUT2D eigenvalue weighted by Crippen LogP contribution is -2.41. The molecule has 0 aliphatic rings. The van der Waals surface area contributed by atoms with Gasteiger partial charge < -0.3 is 0 Å². The molecule has 0 spiro atoms. The molecule has 16 heteroatoms. The van der Waals surface area contributed by atoms with Gasteiger partial charge in [-0.15, -0.1) is 0 Å². The topological polar surface area (TPSA) is 0 Å². The molecule has 0 saturated carbocycles. The third-order valence-corrected chi connectivity index (χ3v) is 7.20. The Bertz CT molecular complexity index is 1630. The van der Waals surface area contributed by atoms with E-state index in [2.05, 4.69) is 0 Å². The fourth-order valence-electron chi connectivity index (χ4n) is 5.11. The van der Waals surface area contributed by atoms with Crippen molar-refractivity contribution in [3.63, 3.8) is 0 Å². The van der Waals surface area contributed by atoms with Gasteiger partial charge >= 0.3 is 0 Å². The molecule has 0 nitrogen and oxygen atoms in total. The predicted molar refractivity (Wildman–Crippen MR) is 118 cm³/mol. The summed E-state index contributed by atoms with van der Waals surface area (Å²) in [7, 11) is 0. The van der Waals surface area contributed by atoms with Gasteiger partial charge in [-0.3, -0.25) is 0 Å². The minimum Gasteiger partial charge on any atom is -0.204 e. The van der Waals surface area contributed by atoms with Gasteiger partial charge in [0.1, 0.15) is 0 Å². The monoisotopic (exact) mass is 650 g/mol. The number of benzene rings is 4. The maximum absolute atomic E-state index is 15.9. The average Bonchev–Trinajstić information content (AvgIpc) is 2.98. The molecule has 4 aromatic carbocycles. The molecule has 4 aromatic rings. The van der Waals surface area contributed by atoms with Gasteiger partial charge in [-0.1, -0.05) is 0 Å². The minimum atomic E-state index is -4.93. The maximum atomic E-state index is 15.9. The molecule has 0 heterocycles. The average molecular weight is 650 g/mol. The second-order valence-electron chi connectivity index (χ2n) is 9.36. The first-order valence-electron chi connectivity index (χ1n) is 11.6. The fourth-order valence-corrected chi connectivity index (χ4v) is 5.11. The van der Waals surface area contributed by atoms with Crippen molar-refractivity contribution in [2.24, 2.45) is 0 Å². The van der Waals surface area contributed by atoms with Crippen LogP contribution in [0.25, 0.3) is 0 Å². The quantitative estimate of drug-likeness (QED) is 0.0895. The Morgan fingerprint density at radius 3 is 1.00 bits per heavy atom. The molecule has 0 N–H and O–H groups in total. The molecule has 4 rings (SSSR count). The summed E-state index contributed by atoms with van der Waals surface area (Å²) in [6.07, 6.45) is 0. The molecule has 0 bridgehead atoms. The smallest absolute Gasteiger partial charge is 0.200 e. The van der Waals surface area contributed by atoms with Gasteiger partial charge in [-0.25, -0.2) is 70.2 Å². The van der Waals surface area contributed by atoms with E-state index in [4.69, 9.17) is 0 Å². The molecule has 0 aliphatic carbocycles. The second kappa shape index (κ2) is 10.7. The molecule has 44 heavy (non-hydrogen) atoms. The number of hydrogen-bond acceptors (Lipinski definition) is 0. The van der Waals surface area contributed by atoms with Crippen molar-refractivity contribution in [3.05, 3.63) is 138 Å². The lowest BCUT2D eigenvalue weighted by molar-refractivity contribution is 0.345. The Labute approximate surface area is 235 Å². The molecule has 0 radical (unpaired) electrons. The summed E-state index contributed by atoms with van der Waals surface area (Å²) in [5.41, 5.74) is -19.6. The minimum absolute atomic E-state index is 0.155. The molecule has 0 aromatic heterocycles. The number of hydrogen-bond donors (Lipinski definition) is 0. The summed E-state index contributed by atoms with van der Waals surface area (Å²) in [6, 6.07) is -0.605. The van der Waals surface area contributed by atoms with Crippen LogP contribution in [0.15, 0.2) is 6.07 Å². The fraction of sp³-hybridized carbons (Fsp3) is 0.143. The SMILES string of the molecule is Cc1c(C)c(C(c2c(C)c(F)c(F)c(F)c2F)(c2c(F)c(F)cc(F)c2F)c2c(F)c(F)c(F)c(F)c2F)c(F)c(F)c1F. The van der Waals surface area contributed by atoms with Crippen molar-refractivity contribution in [2.75, 3.05) is 0 Å². The molecular weight excluding hydrogens is 640 g/mol. The van der Waals surface area contributed by atoms with Gasteiger partial charge in [0, 0.05) is 28.3 Å². The van der Waals surface area contributed by atoms with Crippen LogP contribution in [-0.4, -0.2) is 0 Å². The van der Waals surface area contributed by atoms with E-state index in [-0.39, 0.29) is 6.92 Å². The first kappa shape index (κ1) is 32.7. The highest BCUT2D eigenvalue weighted by Gasteiger charge is 2.55. The Kier molecular flexibility index (Phi) is 7.97. The molecular formula is C28H10F16. The van der Waals surface area contributed by atoms with Gasteiger partial charge in [0.25, 0.3) is 0 Å². The van der Waals surface area contributed by atoms with Crippen LogP contribution in [0.2, 0.25) is 0 Å². The van der Waals surface area contributed by atoms with E-state index in [0.717, 1.165) is 0 Å². The molecule has 234 valence electrons. The second-order valence-corrected chi connectivity index (χ2v) is 9.36. The van der Waals surface area contributed by atoms with E-state index in [0.29, 0.717) is 13.8 Å². The summed E-state index contributed by atoms with van der Waals surface area (Å²) in [5, 5.41) is 0. The Balaban J connectivity index is 2.68. The van der Waals surface area contributed by atoms with Crippen molar-refractivity contribution in [2.45, 2.75) is 26.2 Å². The highest BCUT2D eigenvalue weighted by Crippen LogP contribution is 2.55. The van der Waals surface area contributed by atoms with E-state index in [9.17, 15) is 43.9 Å². The largest absolute Gasteiger partial charge is 0.204 e. The zero-order valence-electron chi connectivity index (χ0n) is 21.6. The standard InChI is InChI=1S/C28H10F16/c1-5-6(2)14(31)22(39)18(35)10(5)28(12-16(33)8(29)4-9(30)17(12)34,11-7(3)15(32)23(40)24(41)19(11)36)13-20(37)25(42)27(44)26(43)21(13)38/h4H,1-3H3. The van der Waals surface area contributed by atoms with Crippen LogP contribution in [0.1, 0.15) is 38.9 Å². The maximum Gasteiger partial charge on any atom is 0.200 e. The summed E-state index contributed by atoms with van der Waals surface area (Å²) < 4.78 is 241. The van der Waals surface area contributed by atoms with E-state index >= 15 is 26.3 Å². The Hall–Kier alpha value is -4.24. The molecule has 0 fully saturated rings. The first-order chi connectivity index (χ1) is 20.3. The van der Waals surface area contributed by atoms with Gasteiger partial charge in [0.15, 0.2) is 87.3 Å². The van der Waals surface area contributed by atoms with Crippen LogP contribution in [0, 0.1) is 114 Å². The van der Waals surface area contributed by atoms with Crippen molar-refractivity contribution < 1.29 is 70.2 Å². The normalized spacial score (nSPS) is 13.1. The molecule has 0 aliphatic heterocycles.